The number of carbonyl (C=O) groups excluding carboxylic acids is 1. The van der Waals surface area contributed by atoms with Gasteiger partial charge in [0.25, 0.3) is 5.91 Å². The Bertz CT molecular complexity index is 711. The van der Waals surface area contributed by atoms with E-state index in [0.29, 0.717) is 0 Å². The molecule has 4 heteroatoms. The molecule has 0 fully saturated rings. The summed E-state index contributed by atoms with van der Waals surface area (Å²) in [5.74, 6) is -0.100. The van der Waals surface area contributed by atoms with Gasteiger partial charge >= 0.3 is 0 Å². The van der Waals surface area contributed by atoms with E-state index in [0.717, 1.165) is 10.5 Å². The Morgan fingerprint density at radius 3 is 2.48 bits per heavy atom. The van der Waals surface area contributed by atoms with E-state index in [2.05, 4.69) is 37.4 Å². The van der Waals surface area contributed by atoms with Crippen LogP contribution in [0.25, 0.3) is 0 Å². The Morgan fingerprint density at radius 1 is 1.09 bits per heavy atom. The van der Waals surface area contributed by atoms with E-state index in [4.69, 9.17) is 0 Å². The molecule has 0 aromatic heterocycles. The van der Waals surface area contributed by atoms with Gasteiger partial charge in [0.2, 0.25) is 0 Å². The van der Waals surface area contributed by atoms with Crippen molar-refractivity contribution in [3.8, 4) is 0 Å². The van der Waals surface area contributed by atoms with Crippen LogP contribution in [0.5, 0.6) is 0 Å². The Labute approximate surface area is 142 Å². The Morgan fingerprint density at radius 2 is 1.78 bits per heavy atom. The van der Waals surface area contributed by atoms with E-state index in [1.807, 2.05) is 43.3 Å². The van der Waals surface area contributed by atoms with Gasteiger partial charge in [0.05, 0.1) is 11.5 Å². The third kappa shape index (κ3) is 4.70. The maximum absolute atomic E-state index is 12.1. The zero-order valence-corrected chi connectivity index (χ0v) is 14.8. The minimum Gasteiger partial charge on any atom is -0.272 e. The summed E-state index contributed by atoms with van der Waals surface area (Å²) in [6, 6.07) is 14.0. The highest BCUT2D eigenvalue weighted by Gasteiger charge is 2.13. The van der Waals surface area contributed by atoms with Crippen molar-refractivity contribution in [2.75, 3.05) is 0 Å². The van der Waals surface area contributed by atoms with Crippen LogP contribution in [0.3, 0.4) is 0 Å². The van der Waals surface area contributed by atoms with Crippen LogP contribution in [0.4, 0.5) is 0 Å². The molecule has 1 atom stereocenters. The van der Waals surface area contributed by atoms with Crippen LogP contribution in [-0.2, 0) is 4.79 Å². The first kappa shape index (κ1) is 17.3. The van der Waals surface area contributed by atoms with Crippen molar-refractivity contribution in [2.24, 2.45) is 5.10 Å². The van der Waals surface area contributed by atoms with Crippen LogP contribution < -0.4 is 5.43 Å². The lowest BCUT2D eigenvalue weighted by Crippen LogP contribution is -2.26. The molecule has 0 saturated carbocycles. The Balaban J connectivity index is 1.95. The van der Waals surface area contributed by atoms with E-state index in [1.54, 1.807) is 6.21 Å². The number of aryl methyl sites for hydroxylation is 1. The van der Waals surface area contributed by atoms with Gasteiger partial charge in [-0.25, -0.2) is 5.43 Å². The second-order valence-corrected chi connectivity index (χ2v) is 6.94. The number of benzene rings is 2. The molecular weight excluding hydrogens is 304 g/mol. The van der Waals surface area contributed by atoms with E-state index in [9.17, 15) is 4.79 Å². The molecule has 0 saturated heterocycles. The summed E-state index contributed by atoms with van der Waals surface area (Å²) in [6.07, 6.45) is 1.71. The number of hydrazone groups is 1. The molecule has 0 spiro atoms. The van der Waals surface area contributed by atoms with E-state index < -0.39 is 0 Å². The summed E-state index contributed by atoms with van der Waals surface area (Å²) < 4.78 is 0. The van der Waals surface area contributed by atoms with Gasteiger partial charge in [-0.2, -0.15) is 5.10 Å². The largest absolute Gasteiger partial charge is 0.272 e. The maximum atomic E-state index is 12.1. The average Bonchev–Trinajstić information content (AvgIpc) is 2.55. The van der Waals surface area contributed by atoms with Crippen LogP contribution >= 0.6 is 11.8 Å². The summed E-state index contributed by atoms with van der Waals surface area (Å²) >= 11 is 1.52. The van der Waals surface area contributed by atoms with Crippen molar-refractivity contribution >= 4 is 23.9 Å². The number of hydrogen-bond donors (Lipinski definition) is 1. The van der Waals surface area contributed by atoms with Crippen LogP contribution in [0.15, 0.2) is 52.5 Å². The second kappa shape index (κ2) is 7.97. The van der Waals surface area contributed by atoms with Crippen LogP contribution in [-0.4, -0.2) is 17.4 Å². The predicted molar refractivity (Wildman–Crippen MR) is 98.2 cm³/mol. The first-order valence-corrected chi connectivity index (χ1v) is 8.48. The van der Waals surface area contributed by atoms with Crippen molar-refractivity contribution in [1.29, 1.82) is 0 Å². The first-order chi connectivity index (χ1) is 11.0. The summed E-state index contributed by atoms with van der Waals surface area (Å²) in [6.45, 7) is 8.13. The fraction of sp³-hybridized carbons (Fsp3) is 0.263. The lowest BCUT2D eigenvalue weighted by Gasteiger charge is -2.10. The number of nitrogens with zero attached hydrogens (tertiary/aromatic N) is 1. The third-order valence-corrected chi connectivity index (χ3v) is 5.02. The van der Waals surface area contributed by atoms with E-state index in [-0.39, 0.29) is 11.2 Å². The van der Waals surface area contributed by atoms with Gasteiger partial charge in [0.15, 0.2) is 0 Å². The minimum absolute atomic E-state index is 0.100. The SMILES string of the molecule is Cc1ccc(/C=N\NC(=O)[C@H](C)Sc2ccccc2)c(C)c1C. The number of hydrogen-bond acceptors (Lipinski definition) is 3. The fourth-order valence-electron chi connectivity index (χ4n) is 2.13. The normalized spacial score (nSPS) is 12.3. The number of amides is 1. The van der Waals surface area contributed by atoms with Crippen LogP contribution in [0.2, 0.25) is 0 Å². The Hall–Kier alpha value is -2.07. The van der Waals surface area contributed by atoms with Gasteiger partial charge in [-0.15, -0.1) is 11.8 Å². The van der Waals surface area contributed by atoms with Crippen LogP contribution in [0, 0.1) is 20.8 Å². The standard InChI is InChI=1S/C19H22N2OS/c1-13-10-11-17(15(3)14(13)2)12-20-21-19(22)16(4)23-18-8-6-5-7-9-18/h5-12,16H,1-4H3,(H,21,22)/b20-12-/t16-/m0/s1. The maximum Gasteiger partial charge on any atom is 0.253 e. The van der Waals surface area contributed by atoms with E-state index in [1.165, 1.54) is 28.5 Å². The number of rotatable bonds is 5. The molecule has 0 aliphatic carbocycles. The quantitative estimate of drug-likeness (QED) is 0.507. The van der Waals surface area contributed by atoms with E-state index >= 15 is 0 Å². The first-order valence-electron chi connectivity index (χ1n) is 7.60. The average molecular weight is 326 g/mol. The Kier molecular flexibility index (Phi) is 5.99. The summed E-state index contributed by atoms with van der Waals surface area (Å²) in [4.78, 5) is 13.2. The van der Waals surface area contributed by atoms with Gasteiger partial charge in [-0.05, 0) is 62.1 Å². The lowest BCUT2D eigenvalue weighted by atomic mass is 10.00. The second-order valence-electron chi connectivity index (χ2n) is 5.53. The van der Waals surface area contributed by atoms with Crippen molar-refractivity contribution in [2.45, 2.75) is 37.8 Å². The lowest BCUT2D eigenvalue weighted by molar-refractivity contribution is -0.120. The summed E-state index contributed by atoms with van der Waals surface area (Å²) in [5.41, 5.74) is 7.35. The smallest absolute Gasteiger partial charge is 0.253 e. The highest BCUT2D eigenvalue weighted by molar-refractivity contribution is 8.00. The van der Waals surface area contributed by atoms with Gasteiger partial charge in [0.1, 0.15) is 0 Å². The van der Waals surface area contributed by atoms with Gasteiger partial charge in [-0.1, -0.05) is 30.3 Å². The zero-order chi connectivity index (χ0) is 16.8. The molecule has 1 amide bonds. The van der Waals surface area contributed by atoms with Gasteiger partial charge in [0, 0.05) is 4.90 Å². The summed E-state index contributed by atoms with van der Waals surface area (Å²) in [7, 11) is 0. The molecule has 0 heterocycles. The fourth-order valence-corrected chi connectivity index (χ4v) is 3.01. The molecule has 0 radical (unpaired) electrons. The zero-order valence-electron chi connectivity index (χ0n) is 14.0. The van der Waals surface area contributed by atoms with Crippen molar-refractivity contribution < 1.29 is 4.79 Å². The minimum atomic E-state index is -0.199. The monoisotopic (exact) mass is 326 g/mol. The molecule has 1 N–H and O–H groups in total. The number of carbonyl (C=O) groups is 1. The molecule has 2 rings (SSSR count). The molecule has 0 unspecified atom stereocenters. The third-order valence-electron chi connectivity index (χ3n) is 3.90. The predicted octanol–water partition coefficient (Wildman–Crippen LogP) is 4.24. The summed E-state index contributed by atoms with van der Waals surface area (Å²) in [5, 5.41) is 3.90. The molecule has 23 heavy (non-hydrogen) atoms. The molecule has 0 aliphatic heterocycles. The number of nitrogens with one attached hydrogen (secondary N) is 1. The highest BCUT2D eigenvalue weighted by Crippen LogP contribution is 2.22. The van der Waals surface area contributed by atoms with Crippen LogP contribution in [0.1, 0.15) is 29.2 Å². The van der Waals surface area contributed by atoms with Crippen molar-refractivity contribution in [3.63, 3.8) is 0 Å². The molecular formula is C19H22N2OS. The highest BCUT2D eigenvalue weighted by atomic mass is 32.2. The number of thioether (sulfide) groups is 1. The van der Waals surface area contributed by atoms with Crippen molar-refractivity contribution in [1.82, 2.24) is 5.43 Å². The topological polar surface area (TPSA) is 41.5 Å². The van der Waals surface area contributed by atoms with Gasteiger partial charge < -0.3 is 0 Å². The molecule has 120 valence electrons. The molecule has 2 aromatic rings. The molecule has 0 bridgehead atoms. The van der Waals surface area contributed by atoms with Crippen molar-refractivity contribution in [3.05, 3.63) is 64.7 Å². The molecule has 0 aliphatic rings. The molecule has 3 nitrogen and oxygen atoms in total. The van der Waals surface area contributed by atoms with Gasteiger partial charge in [-0.3, -0.25) is 4.79 Å². The molecule has 2 aromatic carbocycles.